The number of carbonyl (C=O) groups excluding carboxylic acids is 1. The molecule has 152 valence electrons. The zero-order chi connectivity index (χ0) is 20.8. The van der Waals surface area contributed by atoms with Gasteiger partial charge in [0.2, 0.25) is 11.1 Å². The molecule has 1 N–H and O–H groups in total. The van der Waals surface area contributed by atoms with Crippen molar-refractivity contribution in [2.75, 3.05) is 12.3 Å². The summed E-state index contributed by atoms with van der Waals surface area (Å²) >= 11 is 1.33. The summed E-state index contributed by atoms with van der Waals surface area (Å²) in [5.74, 6) is 0.780. The van der Waals surface area contributed by atoms with Crippen molar-refractivity contribution in [2.45, 2.75) is 45.2 Å². The molecule has 3 rings (SSSR count). The van der Waals surface area contributed by atoms with Crippen LogP contribution in [0.5, 0.6) is 0 Å². The van der Waals surface area contributed by atoms with Crippen molar-refractivity contribution < 1.29 is 4.79 Å². The van der Waals surface area contributed by atoms with Crippen molar-refractivity contribution in [1.82, 2.24) is 25.5 Å². The maximum absolute atomic E-state index is 12.2. The van der Waals surface area contributed by atoms with Gasteiger partial charge in [-0.25, -0.2) is 0 Å². The highest BCUT2D eigenvalue weighted by Gasteiger charge is 2.12. The van der Waals surface area contributed by atoms with Crippen LogP contribution in [0.2, 0.25) is 0 Å². The topological polar surface area (TPSA) is 72.7 Å². The lowest BCUT2D eigenvalue weighted by atomic mass is 10.0. The molecule has 1 aromatic heterocycles. The van der Waals surface area contributed by atoms with Crippen LogP contribution < -0.4 is 5.32 Å². The van der Waals surface area contributed by atoms with Gasteiger partial charge in [0, 0.05) is 6.54 Å². The number of benzene rings is 2. The Morgan fingerprint density at radius 2 is 1.86 bits per heavy atom. The third-order valence-corrected chi connectivity index (χ3v) is 5.81. The van der Waals surface area contributed by atoms with Gasteiger partial charge in [0.05, 0.1) is 11.4 Å². The van der Waals surface area contributed by atoms with Gasteiger partial charge in [0.15, 0.2) is 0 Å². The van der Waals surface area contributed by atoms with Gasteiger partial charge in [-0.2, -0.15) is 4.68 Å². The van der Waals surface area contributed by atoms with E-state index in [1.165, 1.54) is 34.0 Å². The van der Waals surface area contributed by atoms with Crippen LogP contribution in [-0.4, -0.2) is 38.4 Å². The third-order valence-electron chi connectivity index (χ3n) is 4.89. The molecule has 0 aliphatic heterocycles. The van der Waals surface area contributed by atoms with Crippen molar-refractivity contribution in [3.63, 3.8) is 0 Å². The molecule has 0 bridgehead atoms. The summed E-state index contributed by atoms with van der Waals surface area (Å²) < 4.78 is 1.67. The predicted octanol–water partition coefficient (Wildman–Crippen LogP) is 3.85. The van der Waals surface area contributed by atoms with Crippen LogP contribution in [-0.2, 0) is 11.2 Å². The average molecular weight is 410 g/mol. The minimum absolute atomic E-state index is 0.0246. The van der Waals surface area contributed by atoms with Crippen LogP contribution in [0.1, 0.15) is 42.0 Å². The molecule has 6 nitrogen and oxygen atoms in total. The Balaban J connectivity index is 1.49. The van der Waals surface area contributed by atoms with E-state index in [0.29, 0.717) is 17.6 Å². The van der Waals surface area contributed by atoms with E-state index in [-0.39, 0.29) is 11.7 Å². The van der Waals surface area contributed by atoms with Gasteiger partial charge in [-0.3, -0.25) is 4.79 Å². The standard InChI is InChI=1S/C22H27N5OS/c1-15(2)19-8-6-18(7-9-19)11-12-23-21(28)14-29-22-24-25-26-27(22)20-10-5-16(3)17(4)13-20/h5-10,13,15H,11-12,14H2,1-4H3,(H,23,28). The molecule has 0 fully saturated rings. The lowest BCUT2D eigenvalue weighted by Gasteiger charge is -2.08. The van der Waals surface area contributed by atoms with Crippen molar-refractivity contribution in [2.24, 2.45) is 0 Å². The highest BCUT2D eigenvalue weighted by molar-refractivity contribution is 7.99. The van der Waals surface area contributed by atoms with Crippen LogP contribution >= 0.6 is 11.8 Å². The largest absolute Gasteiger partial charge is 0.355 e. The van der Waals surface area contributed by atoms with E-state index in [9.17, 15) is 4.79 Å². The van der Waals surface area contributed by atoms with E-state index < -0.39 is 0 Å². The molecule has 0 spiro atoms. The van der Waals surface area contributed by atoms with Gasteiger partial charge < -0.3 is 5.32 Å². The second-order valence-electron chi connectivity index (χ2n) is 7.43. The zero-order valence-corrected chi connectivity index (χ0v) is 18.2. The number of aromatic nitrogens is 4. The molecular formula is C22H27N5OS. The van der Waals surface area contributed by atoms with Crippen LogP contribution in [0, 0.1) is 13.8 Å². The van der Waals surface area contributed by atoms with Gasteiger partial charge in [-0.15, -0.1) is 5.10 Å². The first-order valence-electron chi connectivity index (χ1n) is 9.78. The number of hydrogen-bond donors (Lipinski definition) is 1. The van der Waals surface area contributed by atoms with E-state index >= 15 is 0 Å². The number of nitrogens with zero attached hydrogens (tertiary/aromatic N) is 4. The molecule has 1 amide bonds. The van der Waals surface area contributed by atoms with Gasteiger partial charge in [-0.05, 0) is 71.0 Å². The number of aryl methyl sites for hydroxylation is 2. The van der Waals surface area contributed by atoms with Crippen LogP contribution in [0.4, 0.5) is 0 Å². The summed E-state index contributed by atoms with van der Waals surface area (Å²) in [5, 5.41) is 15.4. The van der Waals surface area contributed by atoms with Crippen LogP contribution in [0.3, 0.4) is 0 Å². The first kappa shape index (κ1) is 21.0. The van der Waals surface area contributed by atoms with Crippen molar-refractivity contribution in [1.29, 1.82) is 0 Å². The van der Waals surface area contributed by atoms with E-state index in [2.05, 4.69) is 72.8 Å². The number of tetrazole rings is 1. The van der Waals surface area contributed by atoms with E-state index in [1.807, 2.05) is 18.2 Å². The predicted molar refractivity (Wildman–Crippen MR) is 117 cm³/mol. The summed E-state index contributed by atoms with van der Waals surface area (Å²) in [4.78, 5) is 12.2. The third kappa shape index (κ3) is 5.67. The second-order valence-corrected chi connectivity index (χ2v) is 8.37. The Morgan fingerprint density at radius 3 is 2.55 bits per heavy atom. The summed E-state index contributed by atoms with van der Waals surface area (Å²) in [6.45, 7) is 9.10. The molecule has 0 radical (unpaired) electrons. The fourth-order valence-electron chi connectivity index (χ4n) is 2.88. The van der Waals surface area contributed by atoms with Crippen LogP contribution in [0.25, 0.3) is 5.69 Å². The molecule has 0 aliphatic carbocycles. The molecule has 0 unspecified atom stereocenters. The summed E-state index contributed by atoms with van der Waals surface area (Å²) in [6, 6.07) is 14.6. The highest BCUT2D eigenvalue weighted by atomic mass is 32.2. The SMILES string of the molecule is Cc1ccc(-n2nnnc2SCC(=O)NCCc2ccc(C(C)C)cc2)cc1C. The van der Waals surface area contributed by atoms with E-state index in [4.69, 9.17) is 0 Å². The minimum Gasteiger partial charge on any atom is -0.355 e. The lowest BCUT2D eigenvalue weighted by Crippen LogP contribution is -2.27. The maximum atomic E-state index is 12.2. The molecule has 3 aromatic rings. The normalized spacial score (nSPS) is 11.1. The number of carbonyl (C=O) groups is 1. The van der Waals surface area contributed by atoms with Gasteiger partial charge in [0.1, 0.15) is 0 Å². The Hall–Kier alpha value is -2.67. The van der Waals surface area contributed by atoms with Crippen molar-refractivity contribution in [3.05, 3.63) is 64.7 Å². The summed E-state index contributed by atoms with van der Waals surface area (Å²) in [7, 11) is 0. The molecule has 7 heteroatoms. The van der Waals surface area contributed by atoms with Gasteiger partial charge in [0.25, 0.3) is 0 Å². The molecular weight excluding hydrogens is 382 g/mol. The Labute approximate surface area is 176 Å². The van der Waals surface area contributed by atoms with Crippen LogP contribution in [0.15, 0.2) is 47.6 Å². The monoisotopic (exact) mass is 409 g/mol. The van der Waals surface area contributed by atoms with Crippen molar-refractivity contribution >= 4 is 17.7 Å². The second kappa shape index (κ2) is 9.69. The number of hydrogen-bond acceptors (Lipinski definition) is 5. The Bertz CT molecular complexity index is 966. The minimum atomic E-state index is -0.0246. The molecule has 1 heterocycles. The lowest BCUT2D eigenvalue weighted by molar-refractivity contribution is -0.118. The number of thioether (sulfide) groups is 1. The Kier molecular flexibility index (Phi) is 7.04. The fourth-order valence-corrected chi connectivity index (χ4v) is 3.61. The average Bonchev–Trinajstić information content (AvgIpc) is 3.17. The number of nitrogens with one attached hydrogen (secondary N) is 1. The Morgan fingerprint density at radius 1 is 1.10 bits per heavy atom. The maximum Gasteiger partial charge on any atom is 0.230 e. The first-order valence-corrected chi connectivity index (χ1v) is 10.8. The molecule has 0 aliphatic rings. The van der Waals surface area contributed by atoms with E-state index in [0.717, 1.165) is 12.1 Å². The van der Waals surface area contributed by atoms with E-state index in [1.54, 1.807) is 4.68 Å². The number of amides is 1. The highest BCUT2D eigenvalue weighted by Crippen LogP contribution is 2.20. The summed E-state index contributed by atoms with van der Waals surface area (Å²) in [6.07, 6.45) is 0.815. The smallest absolute Gasteiger partial charge is 0.230 e. The molecule has 29 heavy (non-hydrogen) atoms. The summed E-state index contributed by atoms with van der Waals surface area (Å²) in [5.41, 5.74) is 5.84. The fraction of sp³-hybridized carbons (Fsp3) is 0.364. The quantitative estimate of drug-likeness (QED) is 0.572. The van der Waals surface area contributed by atoms with Crippen molar-refractivity contribution in [3.8, 4) is 5.69 Å². The zero-order valence-electron chi connectivity index (χ0n) is 17.3. The molecule has 0 saturated carbocycles. The molecule has 0 atom stereocenters. The molecule has 0 saturated heterocycles. The van der Waals surface area contributed by atoms with Gasteiger partial charge >= 0.3 is 0 Å². The number of rotatable bonds is 8. The molecule has 2 aromatic carbocycles. The first-order chi connectivity index (χ1) is 13.9. The van der Waals surface area contributed by atoms with Gasteiger partial charge in [-0.1, -0.05) is 55.9 Å².